The predicted molar refractivity (Wildman–Crippen MR) is 107 cm³/mol. The van der Waals surface area contributed by atoms with E-state index in [0.29, 0.717) is 24.6 Å². The Morgan fingerprint density at radius 3 is 2.43 bits per heavy atom. The molecule has 3 rings (SSSR count). The quantitative estimate of drug-likeness (QED) is 0.783. The van der Waals surface area contributed by atoms with E-state index in [1.807, 2.05) is 25.2 Å². The molecule has 1 aliphatic heterocycles. The number of benzene rings is 2. The minimum absolute atomic E-state index is 0. The molecule has 1 N–H and O–H groups in total. The first kappa shape index (κ1) is 22.1. The molecule has 0 aromatic heterocycles. The lowest BCUT2D eigenvalue weighted by Crippen LogP contribution is -2.43. The molecular weight excluding hydrogens is 386 g/mol. The summed E-state index contributed by atoms with van der Waals surface area (Å²) in [5.74, 6) is -1.42. The Morgan fingerprint density at radius 1 is 1.14 bits per heavy atom. The Morgan fingerprint density at radius 2 is 1.82 bits per heavy atom. The van der Waals surface area contributed by atoms with Crippen molar-refractivity contribution < 1.29 is 18.3 Å². The normalized spacial score (nSPS) is 15.6. The van der Waals surface area contributed by atoms with Crippen molar-refractivity contribution in [2.45, 2.75) is 18.9 Å². The molecule has 2 aromatic rings. The summed E-state index contributed by atoms with van der Waals surface area (Å²) >= 11 is 0. The van der Waals surface area contributed by atoms with Gasteiger partial charge in [-0.2, -0.15) is 0 Å². The molecule has 1 amide bonds. The molecular formula is C21H25ClF2N2O2. The van der Waals surface area contributed by atoms with E-state index in [-0.39, 0.29) is 24.1 Å². The zero-order chi connectivity index (χ0) is 19.2. The van der Waals surface area contributed by atoms with Crippen LogP contribution in [0.15, 0.2) is 48.5 Å². The van der Waals surface area contributed by atoms with E-state index in [9.17, 15) is 13.6 Å². The lowest BCUT2D eigenvalue weighted by molar-refractivity contribution is -0.140. The number of carbonyl (C=O) groups is 1. The minimum Gasteiger partial charge on any atom is -0.476 e. The number of amides is 1. The van der Waals surface area contributed by atoms with Crippen LogP contribution in [0.3, 0.4) is 0 Å². The lowest BCUT2D eigenvalue weighted by Gasteiger charge is -2.34. The third-order valence-electron chi connectivity index (χ3n) is 4.89. The molecule has 0 aliphatic carbocycles. The van der Waals surface area contributed by atoms with E-state index in [0.717, 1.165) is 31.5 Å². The Hall–Kier alpha value is -2.18. The SMILES string of the molecule is CNCC1CCN(C(=O)C(Oc2ccc(F)c(F)c2)c2ccccc2)CC1.Cl. The fourth-order valence-electron chi connectivity index (χ4n) is 3.39. The van der Waals surface area contributed by atoms with Crippen LogP contribution in [0, 0.1) is 17.6 Å². The molecule has 7 heteroatoms. The molecule has 0 saturated carbocycles. The van der Waals surface area contributed by atoms with E-state index in [4.69, 9.17) is 4.74 Å². The maximum atomic E-state index is 13.5. The average molecular weight is 411 g/mol. The molecule has 4 nitrogen and oxygen atoms in total. The molecule has 1 heterocycles. The van der Waals surface area contributed by atoms with Gasteiger partial charge in [0, 0.05) is 24.7 Å². The van der Waals surface area contributed by atoms with E-state index in [1.54, 1.807) is 17.0 Å². The number of nitrogens with one attached hydrogen (secondary N) is 1. The van der Waals surface area contributed by atoms with Crippen LogP contribution in [0.5, 0.6) is 5.75 Å². The molecule has 0 bridgehead atoms. The highest BCUT2D eigenvalue weighted by Gasteiger charge is 2.30. The van der Waals surface area contributed by atoms with Crippen LogP contribution in [-0.4, -0.2) is 37.5 Å². The number of rotatable bonds is 6. The first-order chi connectivity index (χ1) is 13.1. The Bertz CT molecular complexity index is 768. The summed E-state index contributed by atoms with van der Waals surface area (Å²) in [5.41, 5.74) is 0.685. The summed E-state index contributed by atoms with van der Waals surface area (Å²) in [6.07, 6.45) is 0.968. The van der Waals surface area contributed by atoms with Crippen molar-refractivity contribution in [3.8, 4) is 5.75 Å². The van der Waals surface area contributed by atoms with Gasteiger partial charge in [0.25, 0.3) is 5.91 Å². The van der Waals surface area contributed by atoms with Crippen molar-refractivity contribution in [3.63, 3.8) is 0 Å². The van der Waals surface area contributed by atoms with Crippen LogP contribution in [0.4, 0.5) is 8.78 Å². The summed E-state index contributed by atoms with van der Waals surface area (Å²) in [6, 6.07) is 12.4. The Kier molecular flexibility index (Phi) is 8.20. The van der Waals surface area contributed by atoms with Gasteiger partial charge in [-0.15, -0.1) is 12.4 Å². The molecule has 0 radical (unpaired) electrons. The van der Waals surface area contributed by atoms with Gasteiger partial charge in [0.2, 0.25) is 6.10 Å². The lowest BCUT2D eigenvalue weighted by atomic mass is 9.96. The monoisotopic (exact) mass is 410 g/mol. The molecule has 1 unspecified atom stereocenters. The Labute approximate surface area is 170 Å². The number of hydrogen-bond acceptors (Lipinski definition) is 3. The number of nitrogens with zero attached hydrogens (tertiary/aromatic N) is 1. The summed E-state index contributed by atoms with van der Waals surface area (Å²) < 4.78 is 32.6. The van der Waals surface area contributed by atoms with Gasteiger partial charge < -0.3 is 15.0 Å². The van der Waals surface area contributed by atoms with Crippen LogP contribution in [0.25, 0.3) is 0 Å². The zero-order valence-corrected chi connectivity index (χ0v) is 16.6. The summed E-state index contributed by atoms with van der Waals surface area (Å²) in [6.45, 7) is 2.26. The second-order valence-electron chi connectivity index (χ2n) is 6.81. The van der Waals surface area contributed by atoms with Gasteiger partial charge >= 0.3 is 0 Å². The van der Waals surface area contributed by atoms with Crippen molar-refractivity contribution >= 4 is 18.3 Å². The van der Waals surface area contributed by atoms with Gasteiger partial charge in [0.1, 0.15) is 5.75 Å². The molecule has 0 spiro atoms. The molecule has 2 aromatic carbocycles. The standard InChI is InChI=1S/C21H24F2N2O2.ClH/c1-24-14-15-9-11-25(12-10-15)21(26)20(16-5-3-2-4-6-16)27-17-7-8-18(22)19(23)13-17;/h2-8,13,15,20,24H,9-12,14H2,1H3;1H. The smallest absolute Gasteiger partial charge is 0.268 e. The van der Waals surface area contributed by atoms with Gasteiger partial charge in [-0.3, -0.25) is 4.79 Å². The zero-order valence-electron chi connectivity index (χ0n) is 15.7. The van der Waals surface area contributed by atoms with Crippen molar-refractivity contribution in [1.29, 1.82) is 0 Å². The second-order valence-corrected chi connectivity index (χ2v) is 6.81. The van der Waals surface area contributed by atoms with Gasteiger partial charge in [-0.05, 0) is 44.5 Å². The maximum Gasteiger partial charge on any atom is 0.268 e. The molecule has 1 atom stereocenters. The number of ether oxygens (including phenoxy) is 1. The number of carbonyl (C=O) groups excluding carboxylic acids is 1. The maximum absolute atomic E-state index is 13.5. The summed E-state index contributed by atoms with van der Waals surface area (Å²) in [7, 11) is 1.93. The summed E-state index contributed by atoms with van der Waals surface area (Å²) in [5, 5.41) is 3.18. The number of piperidine rings is 1. The van der Waals surface area contributed by atoms with Crippen LogP contribution in [-0.2, 0) is 4.79 Å². The van der Waals surface area contributed by atoms with Crippen molar-refractivity contribution in [3.05, 3.63) is 65.7 Å². The van der Waals surface area contributed by atoms with E-state index < -0.39 is 17.7 Å². The molecule has 1 saturated heterocycles. The second kappa shape index (κ2) is 10.4. The highest BCUT2D eigenvalue weighted by atomic mass is 35.5. The largest absolute Gasteiger partial charge is 0.476 e. The van der Waals surface area contributed by atoms with Gasteiger partial charge in [-0.25, -0.2) is 8.78 Å². The minimum atomic E-state index is -1.00. The van der Waals surface area contributed by atoms with E-state index in [1.165, 1.54) is 6.07 Å². The molecule has 28 heavy (non-hydrogen) atoms. The van der Waals surface area contributed by atoms with E-state index in [2.05, 4.69) is 5.32 Å². The predicted octanol–water partition coefficient (Wildman–Crippen LogP) is 3.96. The highest BCUT2D eigenvalue weighted by molar-refractivity contribution is 5.85. The van der Waals surface area contributed by atoms with Crippen molar-refractivity contribution in [1.82, 2.24) is 10.2 Å². The average Bonchev–Trinajstić information content (AvgIpc) is 2.70. The molecule has 152 valence electrons. The van der Waals surface area contributed by atoms with Gasteiger partial charge in [0.05, 0.1) is 0 Å². The van der Waals surface area contributed by atoms with E-state index >= 15 is 0 Å². The molecule has 1 fully saturated rings. The van der Waals surface area contributed by atoms with Crippen molar-refractivity contribution in [2.75, 3.05) is 26.7 Å². The highest BCUT2D eigenvalue weighted by Crippen LogP contribution is 2.27. The third kappa shape index (κ3) is 5.42. The van der Waals surface area contributed by atoms with Crippen LogP contribution >= 0.6 is 12.4 Å². The molecule has 1 aliphatic rings. The third-order valence-corrected chi connectivity index (χ3v) is 4.89. The van der Waals surface area contributed by atoms with Crippen molar-refractivity contribution in [2.24, 2.45) is 5.92 Å². The van der Waals surface area contributed by atoms with Crippen LogP contribution in [0.2, 0.25) is 0 Å². The number of halogens is 3. The van der Waals surface area contributed by atoms with Crippen LogP contribution in [0.1, 0.15) is 24.5 Å². The summed E-state index contributed by atoms with van der Waals surface area (Å²) in [4.78, 5) is 14.9. The van der Waals surface area contributed by atoms with Gasteiger partial charge in [-0.1, -0.05) is 30.3 Å². The van der Waals surface area contributed by atoms with Crippen LogP contribution < -0.4 is 10.1 Å². The fourth-order valence-corrected chi connectivity index (χ4v) is 3.39. The first-order valence-electron chi connectivity index (χ1n) is 9.18. The Balaban J connectivity index is 0.00000280. The fraction of sp³-hybridized carbons (Fsp3) is 0.381. The topological polar surface area (TPSA) is 41.6 Å². The van der Waals surface area contributed by atoms with Gasteiger partial charge in [0.15, 0.2) is 11.6 Å². The number of likely N-dealkylation sites (tertiary alicyclic amines) is 1. The number of hydrogen-bond donors (Lipinski definition) is 1. The first-order valence-corrected chi connectivity index (χ1v) is 9.18.